The van der Waals surface area contributed by atoms with Crippen molar-refractivity contribution in [2.24, 2.45) is 0 Å². The van der Waals surface area contributed by atoms with Crippen LogP contribution in [0.3, 0.4) is 0 Å². The fourth-order valence-electron chi connectivity index (χ4n) is 3.02. The first kappa shape index (κ1) is 19.7. The van der Waals surface area contributed by atoms with Gasteiger partial charge in [0.15, 0.2) is 22.9 Å². The molecular formula is C21H17ClN4O4. The smallest absolute Gasteiger partial charge is 0.367 e. The van der Waals surface area contributed by atoms with Gasteiger partial charge in [0.25, 0.3) is 0 Å². The van der Waals surface area contributed by atoms with Gasteiger partial charge in [-0.15, -0.1) is 5.10 Å². The van der Waals surface area contributed by atoms with Gasteiger partial charge in [0.05, 0.1) is 19.9 Å². The number of ether oxygens (including phenoxy) is 2. The molecule has 30 heavy (non-hydrogen) atoms. The monoisotopic (exact) mass is 424 g/mol. The number of carbonyl (C=O) groups is 1. The van der Waals surface area contributed by atoms with Crippen LogP contribution in [0.2, 0.25) is 5.02 Å². The Bertz CT molecular complexity index is 1290. The molecule has 0 bridgehead atoms. The Balaban J connectivity index is 1.65. The van der Waals surface area contributed by atoms with Crippen molar-refractivity contribution in [3.05, 3.63) is 75.7 Å². The van der Waals surface area contributed by atoms with Crippen LogP contribution >= 0.6 is 11.6 Å². The Labute approximate surface area is 176 Å². The largest absolute Gasteiger partial charge is 0.493 e. The number of halogens is 1. The van der Waals surface area contributed by atoms with Gasteiger partial charge in [-0.1, -0.05) is 23.7 Å². The third kappa shape index (κ3) is 3.65. The predicted octanol–water partition coefficient (Wildman–Crippen LogP) is 3.11. The van der Waals surface area contributed by atoms with Gasteiger partial charge in [-0.25, -0.2) is 9.48 Å². The Morgan fingerprint density at radius 1 is 0.967 bits per heavy atom. The Morgan fingerprint density at radius 2 is 1.70 bits per heavy atom. The second-order valence-corrected chi connectivity index (χ2v) is 6.87. The van der Waals surface area contributed by atoms with E-state index < -0.39 is 5.69 Å². The summed E-state index contributed by atoms with van der Waals surface area (Å²) < 4.78 is 12.7. The minimum Gasteiger partial charge on any atom is -0.493 e. The van der Waals surface area contributed by atoms with E-state index in [1.54, 1.807) is 42.5 Å². The fourth-order valence-corrected chi connectivity index (χ4v) is 3.15. The van der Waals surface area contributed by atoms with Crippen LogP contribution in [0.15, 0.2) is 59.4 Å². The molecule has 0 aliphatic heterocycles. The molecule has 0 saturated heterocycles. The summed E-state index contributed by atoms with van der Waals surface area (Å²) in [5.74, 6) is 0.650. The molecule has 0 amide bonds. The number of aromatic nitrogens is 4. The highest BCUT2D eigenvalue weighted by molar-refractivity contribution is 6.30. The van der Waals surface area contributed by atoms with Crippen LogP contribution in [-0.4, -0.2) is 39.4 Å². The van der Waals surface area contributed by atoms with Gasteiger partial charge in [-0.3, -0.25) is 4.79 Å². The summed E-state index contributed by atoms with van der Waals surface area (Å²) in [6, 6.07) is 15.4. The molecule has 0 radical (unpaired) electrons. The van der Waals surface area contributed by atoms with Gasteiger partial charge < -0.3 is 9.47 Å². The van der Waals surface area contributed by atoms with E-state index in [1.807, 2.05) is 12.1 Å². The van der Waals surface area contributed by atoms with Crippen LogP contribution in [0.4, 0.5) is 0 Å². The third-order valence-corrected chi connectivity index (χ3v) is 4.83. The molecule has 0 fully saturated rings. The van der Waals surface area contributed by atoms with Crippen molar-refractivity contribution < 1.29 is 14.3 Å². The molecule has 0 spiro atoms. The molecule has 152 valence electrons. The molecule has 9 heteroatoms. The number of hydrogen-bond acceptors (Lipinski definition) is 6. The van der Waals surface area contributed by atoms with Crippen molar-refractivity contribution in [3.63, 3.8) is 0 Å². The minimum absolute atomic E-state index is 0.228. The van der Waals surface area contributed by atoms with E-state index in [2.05, 4.69) is 10.2 Å². The fraction of sp³-hybridized carbons (Fsp3) is 0.143. The number of carbonyl (C=O) groups excluding carboxylic acids is 1. The van der Waals surface area contributed by atoms with E-state index in [-0.39, 0.29) is 12.3 Å². The van der Waals surface area contributed by atoms with E-state index in [4.69, 9.17) is 21.1 Å². The molecule has 0 N–H and O–H groups in total. The lowest BCUT2D eigenvalue weighted by atomic mass is 10.1. The van der Waals surface area contributed by atoms with E-state index in [1.165, 1.54) is 18.7 Å². The lowest BCUT2D eigenvalue weighted by Crippen LogP contribution is -2.26. The van der Waals surface area contributed by atoms with Crippen molar-refractivity contribution in [1.29, 1.82) is 0 Å². The Kier molecular flexibility index (Phi) is 5.24. The predicted molar refractivity (Wildman–Crippen MR) is 112 cm³/mol. The highest BCUT2D eigenvalue weighted by Gasteiger charge is 2.16. The lowest BCUT2D eigenvalue weighted by Gasteiger charge is -2.08. The molecule has 2 aromatic carbocycles. The molecule has 2 heterocycles. The number of hydrogen-bond donors (Lipinski definition) is 0. The number of benzene rings is 2. The SMILES string of the molecule is COc1ccc(C(=O)Cn2nc3ccc(-c4ccc(Cl)cc4)nn3c2=O)cc1OC. The summed E-state index contributed by atoms with van der Waals surface area (Å²) in [5.41, 5.74) is 1.62. The van der Waals surface area contributed by atoms with E-state index in [0.717, 1.165) is 10.2 Å². The van der Waals surface area contributed by atoms with E-state index >= 15 is 0 Å². The summed E-state index contributed by atoms with van der Waals surface area (Å²) >= 11 is 5.92. The highest BCUT2D eigenvalue weighted by Crippen LogP contribution is 2.27. The maximum absolute atomic E-state index is 12.7. The Morgan fingerprint density at radius 3 is 2.40 bits per heavy atom. The molecule has 4 rings (SSSR count). The van der Waals surface area contributed by atoms with Gasteiger partial charge in [0.2, 0.25) is 0 Å². The van der Waals surface area contributed by atoms with E-state index in [0.29, 0.717) is 33.4 Å². The molecule has 0 aliphatic rings. The molecule has 4 aromatic rings. The zero-order chi connectivity index (χ0) is 21.3. The van der Waals surface area contributed by atoms with Crippen LogP contribution in [-0.2, 0) is 6.54 Å². The molecule has 2 aromatic heterocycles. The minimum atomic E-state index is -0.505. The first-order valence-electron chi connectivity index (χ1n) is 8.98. The molecule has 8 nitrogen and oxygen atoms in total. The van der Waals surface area contributed by atoms with Crippen molar-refractivity contribution in [1.82, 2.24) is 19.4 Å². The van der Waals surface area contributed by atoms with Gasteiger partial charge in [0.1, 0.15) is 6.54 Å². The summed E-state index contributed by atoms with van der Waals surface area (Å²) in [4.78, 5) is 25.4. The number of methoxy groups -OCH3 is 2. The number of fused-ring (bicyclic) bond motifs is 1. The second kappa shape index (κ2) is 8.00. The summed E-state index contributed by atoms with van der Waals surface area (Å²) in [5, 5.41) is 9.17. The second-order valence-electron chi connectivity index (χ2n) is 6.43. The zero-order valence-corrected chi connectivity index (χ0v) is 17.0. The number of nitrogens with zero attached hydrogens (tertiary/aromatic N) is 4. The van der Waals surface area contributed by atoms with Gasteiger partial charge in [-0.2, -0.15) is 9.61 Å². The van der Waals surface area contributed by atoms with Crippen LogP contribution in [0.25, 0.3) is 16.9 Å². The topological polar surface area (TPSA) is 87.7 Å². The van der Waals surface area contributed by atoms with Crippen LogP contribution < -0.4 is 15.2 Å². The lowest BCUT2D eigenvalue weighted by molar-refractivity contribution is 0.0966. The highest BCUT2D eigenvalue weighted by atomic mass is 35.5. The molecular weight excluding hydrogens is 408 g/mol. The van der Waals surface area contributed by atoms with Crippen molar-refractivity contribution in [2.45, 2.75) is 6.54 Å². The van der Waals surface area contributed by atoms with Crippen molar-refractivity contribution in [3.8, 4) is 22.8 Å². The number of Topliss-reactive ketones (excluding diaryl/α,β-unsaturated/α-hetero) is 1. The average Bonchev–Trinajstić information content (AvgIpc) is 3.08. The standard InChI is InChI=1S/C21H17ClN4O4/c1-29-18-9-5-14(11-19(18)30-2)17(27)12-25-21(28)26-20(24-25)10-8-16(23-26)13-3-6-15(22)7-4-13/h3-11H,12H2,1-2H3. The van der Waals surface area contributed by atoms with Gasteiger partial charge in [0, 0.05) is 16.1 Å². The Hall–Kier alpha value is -3.65. The van der Waals surface area contributed by atoms with E-state index in [9.17, 15) is 9.59 Å². The number of rotatable bonds is 6. The van der Waals surface area contributed by atoms with Crippen molar-refractivity contribution >= 4 is 23.0 Å². The van der Waals surface area contributed by atoms with Crippen LogP contribution in [0.1, 0.15) is 10.4 Å². The first-order chi connectivity index (χ1) is 14.5. The number of ketones is 1. The summed E-state index contributed by atoms with van der Waals surface area (Å²) in [6.07, 6.45) is 0. The first-order valence-corrected chi connectivity index (χ1v) is 9.36. The maximum atomic E-state index is 12.7. The quantitative estimate of drug-likeness (QED) is 0.442. The van der Waals surface area contributed by atoms with Crippen LogP contribution in [0.5, 0.6) is 11.5 Å². The molecule has 0 atom stereocenters. The van der Waals surface area contributed by atoms with Crippen LogP contribution in [0, 0.1) is 0 Å². The molecule has 0 saturated carbocycles. The summed E-state index contributed by atoms with van der Waals surface area (Å²) in [6.45, 7) is -0.228. The van der Waals surface area contributed by atoms with Crippen molar-refractivity contribution in [2.75, 3.05) is 14.2 Å². The maximum Gasteiger partial charge on any atom is 0.367 e. The normalized spacial score (nSPS) is 10.9. The zero-order valence-electron chi connectivity index (χ0n) is 16.2. The van der Waals surface area contributed by atoms with Gasteiger partial charge >= 0.3 is 5.69 Å². The average molecular weight is 425 g/mol. The molecule has 0 aliphatic carbocycles. The third-order valence-electron chi connectivity index (χ3n) is 4.58. The summed E-state index contributed by atoms with van der Waals surface area (Å²) in [7, 11) is 3.00. The molecule has 0 unspecified atom stereocenters. The van der Waals surface area contributed by atoms with Gasteiger partial charge in [-0.05, 0) is 42.5 Å².